The van der Waals surface area contributed by atoms with Crippen molar-refractivity contribution in [2.24, 2.45) is 0 Å². The molecule has 5 heteroatoms. The number of para-hydroxylation sites is 2. The number of fused-ring (bicyclic) bond motifs is 1. The molecule has 3 rings (SSSR count). The Balaban J connectivity index is 1.58. The summed E-state index contributed by atoms with van der Waals surface area (Å²) in [4.78, 5) is 12.0. The largest absolute Gasteiger partial charge is 0.485 e. The lowest BCUT2D eigenvalue weighted by Crippen LogP contribution is -2.37. The van der Waals surface area contributed by atoms with Crippen molar-refractivity contribution in [2.75, 3.05) is 6.61 Å². The van der Waals surface area contributed by atoms with Crippen LogP contribution >= 0.6 is 11.6 Å². The highest BCUT2D eigenvalue weighted by molar-refractivity contribution is 6.30. The molecule has 2 aromatic rings. The summed E-state index contributed by atoms with van der Waals surface area (Å²) in [5.41, 5.74) is 0.866. The predicted molar refractivity (Wildman–Crippen MR) is 77.6 cm³/mol. The number of esters is 1. The van der Waals surface area contributed by atoms with Crippen molar-refractivity contribution >= 4 is 17.6 Å². The van der Waals surface area contributed by atoms with Crippen LogP contribution in [0.5, 0.6) is 11.5 Å². The lowest BCUT2D eigenvalue weighted by atomic mass is 10.2. The second-order valence-electron chi connectivity index (χ2n) is 4.60. The van der Waals surface area contributed by atoms with Gasteiger partial charge in [0, 0.05) is 5.02 Å². The molecule has 1 aliphatic heterocycles. The van der Waals surface area contributed by atoms with E-state index in [-0.39, 0.29) is 13.2 Å². The quantitative estimate of drug-likeness (QED) is 0.817. The number of hydrogen-bond donors (Lipinski definition) is 0. The van der Waals surface area contributed by atoms with E-state index in [0.29, 0.717) is 16.5 Å². The normalized spacial score (nSPS) is 16.3. The highest BCUT2D eigenvalue weighted by Gasteiger charge is 2.28. The predicted octanol–water partition coefficient (Wildman–Crippen LogP) is 3.22. The molecule has 1 heterocycles. The van der Waals surface area contributed by atoms with Crippen molar-refractivity contribution in [3.63, 3.8) is 0 Å². The van der Waals surface area contributed by atoms with Gasteiger partial charge in [-0.25, -0.2) is 4.79 Å². The van der Waals surface area contributed by atoms with Gasteiger partial charge in [0.15, 0.2) is 11.5 Å². The van der Waals surface area contributed by atoms with Crippen LogP contribution in [0, 0.1) is 0 Å². The summed E-state index contributed by atoms with van der Waals surface area (Å²) in [6, 6.07) is 14.3. The molecule has 0 unspecified atom stereocenters. The highest BCUT2D eigenvalue weighted by Crippen LogP contribution is 2.31. The van der Waals surface area contributed by atoms with Gasteiger partial charge in [-0.15, -0.1) is 0 Å². The van der Waals surface area contributed by atoms with Crippen LogP contribution in [0.15, 0.2) is 48.5 Å². The van der Waals surface area contributed by atoms with E-state index < -0.39 is 12.1 Å². The standard InChI is InChI=1S/C16H13ClO4/c17-12-7-5-11(6-8-12)9-20-16(18)15-10-19-13-3-1-2-4-14(13)21-15/h1-8,15H,9-10H2/t15-/m1/s1. The summed E-state index contributed by atoms with van der Waals surface area (Å²) in [5.74, 6) is 0.746. The zero-order valence-corrected chi connectivity index (χ0v) is 11.9. The third-order valence-electron chi connectivity index (χ3n) is 3.07. The molecule has 1 aliphatic rings. The number of carbonyl (C=O) groups is 1. The maximum Gasteiger partial charge on any atom is 0.351 e. The molecule has 0 radical (unpaired) electrons. The lowest BCUT2D eigenvalue weighted by Gasteiger charge is -2.24. The van der Waals surface area contributed by atoms with E-state index in [1.54, 1.807) is 24.3 Å². The van der Waals surface area contributed by atoms with E-state index in [4.69, 9.17) is 25.8 Å². The van der Waals surface area contributed by atoms with Crippen molar-refractivity contribution in [3.8, 4) is 11.5 Å². The average molecular weight is 305 g/mol. The molecule has 0 amide bonds. The minimum Gasteiger partial charge on any atom is -0.485 e. The van der Waals surface area contributed by atoms with Gasteiger partial charge < -0.3 is 14.2 Å². The maximum atomic E-state index is 12.0. The molecule has 0 fully saturated rings. The van der Waals surface area contributed by atoms with E-state index in [1.807, 2.05) is 24.3 Å². The second kappa shape index (κ2) is 6.06. The minimum absolute atomic E-state index is 0.149. The van der Waals surface area contributed by atoms with E-state index in [1.165, 1.54) is 0 Å². The highest BCUT2D eigenvalue weighted by atomic mass is 35.5. The molecule has 0 saturated heterocycles. The molecular formula is C16H13ClO4. The maximum absolute atomic E-state index is 12.0. The Labute approximate surface area is 127 Å². The van der Waals surface area contributed by atoms with E-state index in [9.17, 15) is 4.79 Å². The molecule has 0 N–H and O–H groups in total. The van der Waals surface area contributed by atoms with Crippen molar-refractivity contribution in [1.29, 1.82) is 0 Å². The number of benzene rings is 2. The van der Waals surface area contributed by atoms with Crippen LogP contribution in [-0.4, -0.2) is 18.7 Å². The Hall–Kier alpha value is -2.20. The van der Waals surface area contributed by atoms with Crippen LogP contribution in [0.3, 0.4) is 0 Å². The van der Waals surface area contributed by atoms with E-state index in [2.05, 4.69) is 0 Å². The monoisotopic (exact) mass is 304 g/mol. The van der Waals surface area contributed by atoms with Gasteiger partial charge in [-0.2, -0.15) is 0 Å². The summed E-state index contributed by atoms with van der Waals surface area (Å²) in [6.07, 6.45) is -0.743. The van der Waals surface area contributed by atoms with Gasteiger partial charge in [0.05, 0.1) is 0 Å². The minimum atomic E-state index is -0.743. The van der Waals surface area contributed by atoms with Crippen LogP contribution in [-0.2, 0) is 16.1 Å². The summed E-state index contributed by atoms with van der Waals surface area (Å²) >= 11 is 5.80. The van der Waals surface area contributed by atoms with Gasteiger partial charge in [0.1, 0.15) is 13.2 Å². The summed E-state index contributed by atoms with van der Waals surface area (Å²) in [7, 11) is 0. The fourth-order valence-electron chi connectivity index (χ4n) is 1.96. The van der Waals surface area contributed by atoms with Crippen molar-refractivity contribution < 1.29 is 19.0 Å². The van der Waals surface area contributed by atoms with E-state index >= 15 is 0 Å². The van der Waals surface area contributed by atoms with E-state index in [0.717, 1.165) is 5.56 Å². The molecule has 0 spiro atoms. The number of ether oxygens (including phenoxy) is 3. The fraction of sp³-hybridized carbons (Fsp3) is 0.188. The number of carbonyl (C=O) groups excluding carboxylic acids is 1. The molecule has 0 aliphatic carbocycles. The third-order valence-corrected chi connectivity index (χ3v) is 3.32. The number of rotatable bonds is 3. The van der Waals surface area contributed by atoms with Gasteiger partial charge in [-0.3, -0.25) is 0 Å². The Kier molecular flexibility index (Phi) is 3.97. The van der Waals surface area contributed by atoms with Crippen LogP contribution in [0.25, 0.3) is 0 Å². The molecule has 0 aromatic heterocycles. The molecule has 108 valence electrons. The summed E-state index contributed by atoms with van der Waals surface area (Å²) < 4.78 is 16.3. The average Bonchev–Trinajstić information content (AvgIpc) is 2.53. The van der Waals surface area contributed by atoms with Crippen LogP contribution in [0.4, 0.5) is 0 Å². The fourth-order valence-corrected chi connectivity index (χ4v) is 2.09. The topological polar surface area (TPSA) is 44.8 Å². The van der Waals surface area contributed by atoms with Gasteiger partial charge in [-0.05, 0) is 29.8 Å². The first-order chi connectivity index (χ1) is 10.2. The van der Waals surface area contributed by atoms with Gasteiger partial charge >= 0.3 is 5.97 Å². The Bertz CT molecular complexity index is 639. The first-order valence-electron chi connectivity index (χ1n) is 6.52. The molecule has 21 heavy (non-hydrogen) atoms. The Morgan fingerprint density at radius 3 is 2.62 bits per heavy atom. The zero-order valence-electron chi connectivity index (χ0n) is 11.1. The van der Waals surface area contributed by atoms with Gasteiger partial charge in [0.2, 0.25) is 6.10 Å². The molecule has 1 atom stereocenters. The van der Waals surface area contributed by atoms with Crippen LogP contribution in [0.2, 0.25) is 5.02 Å². The molecule has 2 aromatic carbocycles. The first-order valence-corrected chi connectivity index (χ1v) is 6.90. The van der Waals surface area contributed by atoms with Crippen LogP contribution in [0.1, 0.15) is 5.56 Å². The third kappa shape index (κ3) is 3.28. The Morgan fingerprint density at radius 2 is 1.86 bits per heavy atom. The van der Waals surface area contributed by atoms with Crippen molar-refractivity contribution in [1.82, 2.24) is 0 Å². The van der Waals surface area contributed by atoms with Crippen molar-refractivity contribution in [2.45, 2.75) is 12.7 Å². The summed E-state index contributed by atoms with van der Waals surface area (Å²) in [6.45, 7) is 0.327. The molecule has 0 bridgehead atoms. The Morgan fingerprint density at radius 1 is 1.14 bits per heavy atom. The smallest absolute Gasteiger partial charge is 0.351 e. The van der Waals surface area contributed by atoms with Gasteiger partial charge in [-0.1, -0.05) is 35.9 Å². The van der Waals surface area contributed by atoms with Gasteiger partial charge in [0.25, 0.3) is 0 Å². The molecular weight excluding hydrogens is 292 g/mol. The summed E-state index contributed by atoms with van der Waals surface area (Å²) in [5, 5.41) is 0.644. The number of halogens is 1. The lowest BCUT2D eigenvalue weighted by molar-refractivity contribution is -0.155. The molecule has 0 saturated carbocycles. The van der Waals surface area contributed by atoms with Crippen molar-refractivity contribution in [3.05, 3.63) is 59.1 Å². The second-order valence-corrected chi connectivity index (χ2v) is 5.03. The molecule has 4 nitrogen and oxygen atoms in total. The first kappa shape index (κ1) is 13.8. The SMILES string of the molecule is O=C(OCc1ccc(Cl)cc1)[C@H]1COc2ccccc2O1. The zero-order chi connectivity index (χ0) is 14.7. The van der Waals surface area contributed by atoms with Crippen LogP contribution < -0.4 is 9.47 Å². The number of hydrogen-bond acceptors (Lipinski definition) is 4.